The maximum Gasteiger partial charge on any atom is 0.163 e. The number of aromatic nitrogens is 3. The third kappa shape index (κ3) is 3.24. The number of hydrogen-bond acceptors (Lipinski definition) is 6. The zero-order valence-electron chi connectivity index (χ0n) is 12.5. The second-order valence-corrected chi connectivity index (χ2v) is 7.92. The number of nitrogens with one attached hydrogen (secondary N) is 1. The fraction of sp³-hybridized carbons (Fsp3) is 0.400. The number of anilines is 1. The van der Waals surface area contributed by atoms with E-state index in [1.54, 1.807) is 12.4 Å². The molecule has 0 aromatic carbocycles. The highest BCUT2D eigenvalue weighted by Gasteiger charge is 2.34. The first-order valence-corrected chi connectivity index (χ1v) is 8.98. The molecule has 0 amide bonds. The molecule has 1 N–H and O–H groups in total. The summed E-state index contributed by atoms with van der Waals surface area (Å²) in [5.41, 5.74) is 1.66. The van der Waals surface area contributed by atoms with Gasteiger partial charge in [-0.05, 0) is 25.0 Å². The van der Waals surface area contributed by atoms with Crippen LogP contribution >= 0.6 is 0 Å². The molecular formula is C15H18N4O2S. The minimum atomic E-state index is -2.95. The second kappa shape index (κ2) is 5.64. The van der Waals surface area contributed by atoms with Gasteiger partial charge in [-0.25, -0.2) is 18.4 Å². The lowest BCUT2D eigenvalue weighted by molar-refractivity contribution is 0.591. The van der Waals surface area contributed by atoms with Crippen molar-refractivity contribution in [2.75, 3.05) is 16.8 Å². The summed E-state index contributed by atoms with van der Waals surface area (Å²) < 4.78 is 23.4. The Bertz CT molecular complexity index is 777. The van der Waals surface area contributed by atoms with E-state index in [1.807, 2.05) is 32.0 Å². The van der Waals surface area contributed by atoms with E-state index in [1.165, 1.54) is 0 Å². The van der Waals surface area contributed by atoms with Gasteiger partial charge >= 0.3 is 0 Å². The Morgan fingerprint density at radius 1 is 1.27 bits per heavy atom. The molecular weight excluding hydrogens is 300 g/mol. The van der Waals surface area contributed by atoms with E-state index in [2.05, 4.69) is 20.3 Å². The van der Waals surface area contributed by atoms with Crippen molar-refractivity contribution in [2.45, 2.75) is 19.9 Å². The van der Waals surface area contributed by atoms with Crippen LogP contribution in [-0.4, -0.2) is 40.9 Å². The number of sulfone groups is 1. The van der Waals surface area contributed by atoms with Crippen LogP contribution in [0.25, 0.3) is 11.4 Å². The van der Waals surface area contributed by atoms with Gasteiger partial charge in [-0.3, -0.25) is 4.98 Å². The van der Waals surface area contributed by atoms with Crippen molar-refractivity contribution in [1.82, 2.24) is 15.0 Å². The Morgan fingerprint density at radius 2 is 2.09 bits per heavy atom. The molecule has 0 unspecified atom stereocenters. The summed E-state index contributed by atoms with van der Waals surface area (Å²) in [7, 11) is -2.95. The van der Waals surface area contributed by atoms with Gasteiger partial charge in [0.25, 0.3) is 0 Å². The summed E-state index contributed by atoms with van der Waals surface area (Å²) in [6.07, 6.45) is 3.41. The molecule has 2 aromatic rings. The average molecular weight is 318 g/mol. The van der Waals surface area contributed by atoms with Gasteiger partial charge in [-0.2, -0.15) is 0 Å². The summed E-state index contributed by atoms with van der Waals surface area (Å²) in [6.45, 7) is 3.83. The molecule has 1 aliphatic rings. The average Bonchev–Trinajstić information content (AvgIpc) is 2.71. The maximum atomic E-state index is 11.7. The van der Waals surface area contributed by atoms with Crippen molar-refractivity contribution in [3.63, 3.8) is 0 Å². The zero-order chi connectivity index (χ0) is 15.7. The van der Waals surface area contributed by atoms with Gasteiger partial charge in [-0.15, -0.1) is 0 Å². The van der Waals surface area contributed by atoms with Gasteiger partial charge in [0.05, 0.1) is 11.5 Å². The largest absolute Gasteiger partial charge is 0.366 e. The van der Waals surface area contributed by atoms with Crippen molar-refractivity contribution in [1.29, 1.82) is 0 Å². The van der Waals surface area contributed by atoms with E-state index >= 15 is 0 Å². The summed E-state index contributed by atoms with van der Waals surface area (Å²) in [5.74, 6) is 1.69. The van der Waals surface area contributed by atoms with E-state index < -0.39 is 9.84 Å². The molecule has 2 atom stereocenters. The fourth-order valence-corrected chi connectivity index (χ4v) is 4.79. The van der Waals surface area contributed by atoms with Crippen molar-refractivity contribution in [3.05, 3.63) is 36.3 Å². The highest BCUT2D eigenvalue weighted by atomic mass is 32.2. The number of hydrogen-bond donors (Lipinski definition) is 1. The molecule has 116 valence electrons. The van der Waals surface area contributed by atoms with Gasteiger partial charge in [0, 0.05) is 35.8 Å². The van der Waals surface area contributed by atoms with Crippen LogP contribution in [0, 0.1) is 12.8 Å². The highest BCUT2D eigenvalue weighted by molar-refractivity contribution is 7.91. The van der Waals surface area contributed by atoms with Gasteiger partial charge < -0.3 is 5.32 Å². The molecule has 0 bridgehead atoms. The Hall–Kier alpha value is -2.02. The SMILES string of the molecule is Cc1cc(N[C@@H]2CS(=O)(=O)C[C@@H]2C)nc(-c2cccnc2)n1. The highest BCUT2D eigenvalue weighted by Crippen LogP contribution is 2.23. The standard InChI is InChI=1S/C15H18N4O2S/c1-10-8-22(20,21)9-13(10)18-14-6-11(2)17-15(19-14)12-4-3-5-16-7-12/h3-7,10,13H,8-9H2,1-2H3,(H,17,18,19)/t10-,13+/m0/s1. The first kappa shape index (κ1) is 14.9. The molecule has 1 fully saturated rings. The Labute approximate surface area is 130 Å². The molecule has 0 spiro atoms. The van der Waals surface area contributed by atoms with Gasteiger partial charge in [0.1, 0.15) is 5.82 Å². The molecule has 3 heterocycles. The quantitative estimate of drug-likeness (QED) is 0.927. The van der Waals surface area contributed by atoms with Crippen LogP contribution in [0.1, 0.15) is 12.6 Å². The number of pyridine rings is 1. The molecule has 3 rings (SSSR count). The van der Waals surface area contributed by atoms with Crippen molar-refractivity contribution >= 4 is 15.7 Å². The molecule has 2 aromatic heterocycles. The molecule has 7 heteroatoms. The summed E-state index contributed by atoms with van der Waals surface area (Å²) >= 11 is 0. The Balaban J connectivity index is 1.88. The lowest BCUT2D eigenvalue weighted by Gasteiger charge is -2.17. The van der Waals surface area contributed by atoms with Gasteiger partial charge in [0.15, 0.2) is 15.7 Å². The van der Waals surface area contributed by atoms with Crippen LogP contribution in [0.3, 0.4) is 0 Å². The van der Waals surface area contributed by atoms with Crippen LogP contribution < -0.4 is 5.32 Å². The van der Waals surface area contributed by atoms with Crippen molar-refractivity contribution in [2.24, 2.45) is 5.92 Å². The normalized spacial score (nSPS) is 23.4. The van der Waals surface area contributed by atoms with Crippen molar-refractivity contribution in [3.8, 4) is 11.4 Å². The first-order valence-electron chi connectivity index (χ1n) is 7.16. The summed E-state index contributed by atoms with van der Waals surface area (Å²) in [6, 6.07) is 5.45. The lowest BCUT2D eigenvalue weighted by Crippen LogP contribution is -2.26. The van der Waals surface area contributed by atoms with E-state index in [9.17, 15) is 8.42 Å². The van der Waals surface area contributed by atoms with E-state index in [0.717, 1.165) is 11.3 Å². The smallest absolute Gasteiger partial charge is 0.163 e. The van der Waals surface area contributed by atoms with Crippen molar-refractivity contribution < 1.29 is 8.42 Å². The first-order chi connectivity index (χ1) is 10.4. The molecule has 6 nitrogen and oxygen atoms in total. The van der Waals surface area contributed by atoms with E-state index in [0.29, 0.717) is 11.6 Å². The zero-order valence-corrected chi connectivity index (χ0v) is 13.3. The lowest BCUT2D eigenvalue weighted by atomic mass is 10.1. The molecule has 0 aliphatic carbocycles. The number of rotatable bonds is 3. The van der Waals surface area contributed by atoms with Gasteiger partial charge in [-0.1, -0.05) is 6.92 Å². The third-order valence-corrected chi connectivity index (χ3v) is 5.65. The number of nitrogens with zero attached hydrogens (tertiary/aromatic N) is 3. The predicted molar refractivity (Wildman–Crippen MR) is 85.2 cm³/mol. The molecule has 1 saturated heterocycles. The van der Waals surface area contributed by atoms with Crippen LogP contribution in [0.5, 0.6) is 0 Å². The topological polar surface area (TPSA) is 84.8 Å². The van der Waals surface area contributed by atoms with Crippen LogP contribution in [0.2, 0.25) is 0 Å². The van der Waals surface area contributed by atoms with E-state index in [4.69, 9.17) is 0 Å². The van der Waals surface area contributed by atoms with Crippen LogP contribution in [-0.2, 0) is 9.84 Å². The number of aryl methyl sites for hydroxylation is 1. The fourth-order valence-electron chi connectivity index (χ4n) is 2.66. The van der Waals surface area contributed by atoms with Gasteiger partial charge in [0.2, 0.25) is 0 Å². The molecule has 0 radical (unpaired) electrons. The molecule has 1 aliphatic heterocycles. The minimum Gasteiger partial charge on any atom is -0.366 e. The van der Waals surface area contributed by atoms with Crippen LogP contribution in [0.4, 0.5) is 5.82 Å². The third-order valence-electron chi connectivity index (χ3n) is 3.74. The monoisotopic (exact) mass is 318 g/mol. The Morgan fingerprint density at radius 3 is 2.73 bits per heavy atom. The second-order valence-electron chi connectivity index (χ2n) is 5.76. The maximum absolute atomic E-state index is 11.7. The summed E-state index contributed by atoms with van der Waals surface area (Å²) in [4.78, 5) is 13.0. The molecule has 22 heavy (non-hydrogen) atoms. The Kier molecular flexibility index (Phi) is 3.82. The minimum absolute atomic E-state index is 0.0714. The van der Waals surface area contributed by atoms with Crippen LogP contribution in [0.15, 0.2) is 30.6 Å². The molecule has 0 saturated carbocycles. The van der Waals surface area contributed by atoms with E-state index in [-0.39, 0.29) is 23.5 Å². The summed E-state index contributed by atoms with van der Waals surface area (Å²) in [5, 5.41) is 3.25. The predicted octanol–water partition coefficient (Wildman–Crippen LogP) is 1.69.